The molecule has 122 valence electrons. The van der Waals surface area contributed by atoms with Gasteiger partial charge in [0.2, 0.25) is 0 Å². The maximum atomic E-state index is 12.3. The molecule has 0 aliphatic carbocycles. The molecule has 2 amide bonds. The van der Waals surface area contributed by atoms with E-state index in [-0.39, 0.29) is 30.1 Å². The smallest absolute Gasteiger partial charge is 0.317 e. The molecule has 21 heavy (non-hydrogen) atoms. The van der Waals surface area contributed by atoms with E-state index < -0.39 is 11.9 Å². The van der Waals surface area contributed by atoms with E-state index in [1.54, 1.807) is 0 Å². The lowest BCUT2D eigenvalue weighted by molar-refractivity contribution is -0.142. The number of hydrogen-bond donors (Lipinski definition) is 2. The average molecular weight is 298 g/mol. The highest BCUT2D eigenvalue weighted by Gasteiger charge is 2.30. The molecule has 1 aliphatic heterocycles. The third-order valence-corrected chi connectivity index (χ3v) is 4.14. The number of aliphatic carboxylic acids is 1. The zero-order valence-corrected chi connectivity index (χ0v) is 14.0. The van der Waals surface area contributed by atoms with Gasteiger partial charge in [0.15, 0.2) is 0 Å². The second kappa shape index (κ2) is 7.14. The maximum absolute atomic E-state index is 12.3. The van der Waals surface area contributed by atoms with Gasteiger partial charge < -0.3 is 15.3 Å². The second-order valence-corrected chi connectivity index (χ2v) is 7.52. The molecule has 0 spiro atoms. The predicted octanol–water partition coefficient (Wildman–Crippen LogP) is 3.10. The van der Waals surface area contributed by atoms with Crippen molar-refractivity contribution in [3.63, 3.8) is 0 Å². The van der Waals surface area contributed by atoms with E-state index in [0.717, 1.165) is 19.3 Å². The second-order valence-electron chi connectivity index (χ2n) is 7.52. The lowest BCUT2D eigenvalue weighted by atomic mass is 9.84. The van der Waals surface area contributed by atoms with Crippen molar-refractivity contribution in [3.8, 4) is 0 Å². The van der Waals surface area contributed by atoms with Gasteiger partial charge in [-0.3, -0.25) is 4.79 Å². The molecule has 1 rings (SSSR count). The van der Waals surface area contributed by atoms with Crippen LogP contribution in [-0.2, 0) is 4.79 Å². The first-order valence-electron chi connectivity index (χ1n) is 7.91. The van der Waals surface area contributed by atoms with Crippen molar-refractivity contribution in [3.05, 3.63) is 0 Å². The van der Waals surface area contributed by atoms with Crippen molar-refractivity contribution in [2.75, 3.05) is 6.54 Å². The van der Waals surface area contributed by atoms with E-state index >= 15 is 0 Å². The highest BCUT2D eigenvalue weighted by Crippen LogP contribution is 2.25. The number of urea groups is 1. The molecule has 3 atom stereocenters. The summed E-state index contributed by atoms with van der Waals surface area (Å²) in [6.07, 6.45) is 3.73. The number of carboxylic acid groups (broad SMARTS) is 1. The summed E-state index contributed by atoms with van der Waals surface area (Å²) in [5, 5.41) is 12.1. The van der Waals surface area contributed by atoms with Crippen LogP contribution in [0.3, 0.4) is 0 Å². The molecule has 1 saturated heterocycles. The Morgan fingerprint density at radius 3 is 2.19 bits per heavy atom. The molecule has 0 aromatic heterocycles. The molecule has 3 unspecified atom stereocenters. The number of hydrogen-bond acceptors (Lipinski definition) is 2. The summed E-state index contributed by atoms with van der Waals surface area (Å²) in [5.74, 6) is -1.38. The fourth-order valence-corrected chi connectivity index (χ4v) is 3.11. The van der Waals surface area contributed by atoms with Crippen LogP contribution in [0, 0.1) is 11.3 Å². The van der Waals surface area contributed by atoms with Crippen molar-refractivity contribution in [2.24, 2.45) is 11.3 Å². The summed E-state index contributed by atoms with van der Waals surface area (Å²) in [7, 11) is 0. The highest BCUT2D eigenvalue weighted by atomic mass is 16.4. The molecule has 5 nitrogen and oxygen atoms in total. The Labute approximate surface area is 128 Å². The van der Waals surface area contributed by atoms with Gasteiger partial charge in [-0.15, -0.1) is 0 Å². The molecular formula is C16H30N2O3. The molecule has 0 saturated carbocycles. The van der Waals surface area contributed by atoms with Gasteiger partial charge in [0.1, 0.15) is 0 Å². The largest absolute Gasteiger partial charge is 0.481 e. The van der Waals surface area contributed by atoms with Gasteiger partial charge >= 0.3 is 12.0 Å². The average Bonchev–Trinajstić information content (AvgIpc) is 2.32. The minimum absolute atomic E-state index is 0.0699. The Balaban J connectivity index is 2.58. The zero-order chi connectivity index (χ0) is 16.2. The quantitative estimate of drug-likeness (QED) is 0.838. The number of carboxylic acids is 1. The Kier molecular flexibility index (Phi) is 6.05. The van der Waals surface area contributed by atoms with Crippen LogP contribution < -0.4 is 5.32 Å². The molecule has 1 fully saturated rings. The molecule has 2 N–H and O–H groups in total. The zero-order valence-electron chi connectivity index (χ0n) is 14.0. The highest BCUT2D eigenvalue weighted by molar-refractivity contribution is 5.76. The first-order chi connectivity index (χ1) is 9.61. The first kappa shape index (κ1) is 17.8. The van der Waals surface area contributed by atoms with Gasteiger partial charge in [-0.1, -0.05) is 20.8 Å². The minimum atomic E-state index is -0.843. The van der Waals surface area contributed by atoms with Crippen molar-refractivity contribution >= 4 is 12.0 Å². The summed E-state index contributed by atoms with van der Waals surface area (Å²) >= 11 is 0. The lowest BCUT2D eigenvalue weighted by Gasteiger charge is -2.39. The van der Waals surface area contributed by atoms with Crippen LogP contribution in [0.15, 0.2) is 0 Å². The van der Waals surface area contributed by atoms with Gasteiger partial charge in [-0.05, 0) is 44.9 Å². The minimum Gasteiger partial charge on any atom is -0.481 e. The molecule has 0 aromatic rings. The van der Waals surface area contributed by atoms with E-state index in [4.69, 9.17) is 0 Å². The number of nitrogens with one attached hydrogen (secondary N) is 1. The molecule has 5 heteroatoms. The monoisotopic (exact) mass is 298 g/mol. The third kappa shape index (κ3) is 5.56. The van der Waals surface area contributed by atoms with E-state index in [9.17, 15) is 14.7 Å². The van der Waals surface area contributed by atoms with Gasteiger partial charge in [0, 0.05) is 18.6 Å². The summed E-state index contributed by atoms with van der Waals surface area (Å²) in [5.41, 5.74) is -0.0699. The van der Waals surface area contributed by atoms with Crippen LogP contribution in [0.5, 0.6) is 0 Å². The number of rotatable bonds is 4. The number of carbonyl (C=O) groups is 2. The topological polar surface area (TPSA) is 69.6 Å². The van der Waals surface area contributed by atoms with E-state index in [0.29, 0.717) is 6.42 Å². The molecule has 0 bridgehead atoms. The normalized spacial score (nSPS) is 24.5. The van der Waals surface area contributed by atoms with Crippen molar-refractivity contribution < 1.29 is 14.7 Å². The molecule has 1 aliphatic rings. The van der Waals surface area contributed by atoms with Crippen molar-refractivity contribution in [1.29, 1.82) is 0 Å². The number of likely N-dealkylation sites (tertiary alicyclic amines) is 1. The van der Waals surface area contributed by atoms with Gasteiger partial charge in [0.05, 0.1) is 5.92 Å². The van der Waals surface area contributed by atoms with Crippen LogP contribution in [0.25, 0.3) is 0 Å². The molecule has 0 aromatic carbocycles. The standard InChI is InChI=1S/C16H30N2O3/c1-11-7-6-8-12(2)18(11)15(21)17-10-13(14(19)20)9-16(3,4)5/h11-13H,6-10H2,1-5H3,(H,17,21)(H,19,20). The Morgan fingerprint density at radius 1 is 1.24 bits per heavy atom. The number of nitrogens with zero attached hydrogens (tertiary/aromatic N) is 1. The SMILES string of the molecule is CC1CCCC(C)N1C(=O)NCC(CC(C)(C)C)C(=O)O. The summed E-state index contributed by atoms with van der Waals surface area (Å²) in [6, 6.07) is 0.314. The van der Waals surface area contributed by atoms with E-state index in [2.05, 4.69) is 19.2 Å². The van der Waals surface area contributed by atoms with Gasteiger partial charge in [-0.25, -0.2) is 4.79 Å². The summed E-state index contributed by atoms with van der Waals surface area (Å²) in [6.45, 7) is 10.3. The van der Waals surface area contributed by atoms with Crippen LogP contribution in [-0.4, -0.2) is 40.6 Å². The third-order valence-electron chi connectivity index (χ3n) is 4.14. The Bertz CT molecular complexity index is 366. The summed E-state index contributed by atoms with van der Waals surface area (Å²) < 4.78 is 0. The van der Waals surface area contributed by atoms with Crippen molar-refractivity contribution in [1.82, 2.24) is 10.2 Å². The fourth-order valence-electron chi connectivity index (χ4n) is 3.11. The van der Waals surface area contributed by atoms with Gasteiger partial charge in [0.25, 0.3) is 0 Å². The Hall–Kier alpha value is -1.26. The molecule has 1 heterocycles. The van der Waals surface area contributed by atoms with Gasteiger partial charge in [-0.2, -0.15) is 0 Å². The summed E-state index contributed by atoms with van der Waals surface area (Å²) in [4.78, 5) is 25.5. The van der Waals surface area contributed by atoms with Crippen LogP contribution >= 0.6 is 0 Å². The van der Waals surface area contributed by atoms with Crippen LogP contribution in [0.4, 0.5) is 4.79 Å². The van der Waals surface area contributed by atoms with E-state index in [1.807, 2.05) is 25.7 Å². The number of piperidine rings is 1. The molecular weight excluding hydrogens is 268 g/mol. The van der Waals surface area contributed by atoms with Crippen LogP contribution in [0.1, 0.15) is 60.3 Å². The number of carbonyl (C=O) groups excluding carboxylic acids is 1. The van der Waals surface area contributed by atoms with Crippen LogP contribution in [0.2, 0.25) is 0 Å². The lowest BCUT2D eigenvalue weighted by Crippen LogP contribution is -2.52. The predicted molar refractivity (Wildman–Crippen MR) is 83.2 cm³/mol. The first-order valence-corrected chi connectivity index (χ1v) is 7.91. The maximum Gasteiger partial charge on any atom is 0.317 e. The fraction of sp³-hybridized carbons (Fsp3) is 0.875. The van der Waals surface area contributed by atoms with Crippen molar-refractivity contribution in [2.45, 2.75) is 72.4 Å². The number of amides is 2. The van der Waals surface area contributed by atoms with E-state index in [1.165, 1.54) is 0 Å². The molecule has 0 radical (unpaired) electrons. The Morgan fingerprint density at radius 2 is 1.76 bits per heavy atom.